The molecule has 0 amide bonds. The average Bonchev–Trinajstić information content (AvgIpc) is 2.20. The minimum Gasteiger partial charge on any atom is -0.493 e. The molecule has 0 saturated carbocycles. The van der Waals surface area contributed by atoms with E-state index < -0.39 is 0 Å². The van der Waals surface area contributed by atoms with Gasteiger partial charge >= 0.3 is 0 Å². The average molecular weight is 256 g/mol. The van der Waals surface area contributed by atoms with E-state index in [0.29, 0.717) is 6.04 Å². The van der Waals surface area contributed by atoms with Crippen LogP contribution in [0.25, 0.3) is 0 Å². The van der Waals surface area contributed by atoms with Crippen LogP contribution in [0, 0.1) is 13.8 Å². The highest BCUT2D eigenvalue weighted by atomic mass is 35.5. The van der Waals surface area contributed by atoms with Crippen molar-refractivity contribution in [3.63, 3.8) is 0 Å². The summed E-state index contributed by atoms with van der Waals surface area (Å²) in [7, 11) is 0. The molecule has 0 aromatic heterocycles. The molecule has 0 aliphatic rings. The van der Waals surface area contributed by atoms with Crippen molar-refractivity contribution in [3.05, 3.63) is 28.3 Å². The SMILES string of the molecule is Cc1cc(Cl)cc(C)c1OCCCNC(C)C. The lowest BCUT2D eigenvalue weighted by molar-refractivity contribution is 0.302. The Morgan fingerprint density at radius 3 is 2.35 bits per heavy atom. The monoisotopic (exact) mass is 255 g/mol. The number of nitrogens with one attached hydrogen (secondary N) is 1. The van der Waals surface area contributed by atoms with Crippen molar-refractivity contribution in [3.8, 4) is 5.75 Å². The topological polar surface area (TPSA) is 21.3 Å². The number of halogens is 1. The van der Waals surface area contributed by atoms with Crippen molar-refractivity contribution in [2.24, 2.45) is 0 Å². The Labute approximate surface area is 109 Å². The van der Waals surface area contributed by atoms with Gasteiger partial charge in [-0.05, 0) is 50.1 Å². The van der Waals surface area contributed by atoms with E-state index in [1.165, 1.54) is 0 Å². The molecule has 0 heterocycles. The third kappa shape index (κ3) is 4.97. The van der Waals surface area contributed by atoms with E-state index in [9.17, 15) is 0 Å². The quantitative estimate of drug-likeness (QED) is 0.783. The number of aryl methyl sites for hydroxylation is 2. The highest BCUT2D eigenvalue weighted by Crippen LogP contribution is 2.26. The zero-order valence-electron chi connectivity index (χ0n) is 11.1. The van der Waals surface area contributed by atoms with Crippen molar-refractivity contribution in [2.75, 3.05) is 13.2 Å². The van der Waals surface area contributed by atoms with Gasteiger partial charge in [-0.25, -0.2) is 0 Å². The van der Waals surface area contributed by atoms with Gasteiger partial charge in [-0.15, -0.1) is 0 Å². The standard InChI is InChI=1S/C14H22ClNO/c1-10(2)16-6-5-7-17-14-11(3)8-13(15)9-12(14)4/h8-10,16H,5-7H2,1-4H3. The van der Waals surface area contributed by atoms with E-state index >= 15 is 0 Å². The van der Waals surface area contributed by atoms with Gasteiger partial charge in [0.2, 0.25) is 0 Å². The Morgan fingerprint density at radius 1 is 1.24 bits per heavy atom. The molecule has 2 nitrogen and oxygen atoms in total. The van der Waals surface area contributed by atoms with Crippen molar-refractivity contribution in [2.45, 2.75) is 40.2 Å². The van der Waals surface area contributed by atoms with E-state index in [0.717, 1.165) is 41.5 Å². The molecule has 1 aromatic carbocycles. The summed E-state index contributed by atoms with van der Waals surface area (Å²) in [6.45, 7) is 10.1. The van der Waals surface area contributed by atoms with E-state index in [1.807, 2.05) is 26.0 Å². The second kappa shape index (κ2) is 6.87. The van der Waals surface area contributed by atoms with Crippen molar-refractivity contribution >= 4 is 11.6 Å². The molecule has 0 aliphatic carbocycles. The molecule has 0 unspecified atom stereocenters. The summed E-state index contributed by atoms with van der Waals surface area (Å²) in [5.74, 6) is 0.971. The van der Waals surface area contributed by atoms with E-state index in [1.54, 1.807) is 0 Å². The Hall–Kier alpha value is -0.730. The fourth-order valence-electron chi connectivity index (χ4n) is 1.76. The van der Waals surface area contributed by atoms with Gasteiger partial charge in [-0.3, -0.25) is 0 Å². The first-order valence-corrected chi connectivity index (χ1v) is 6.51. The second-order valence-electron chi connectivity index (χ2n) is 4.68. The molecular weight excluding hydrogens is 234 g/mol. The van der Waals surface area contributed by atoms with E-state index in [2.05, 4.69) is 19.2 Å². The van der Waals surface area contributed by atoms with Crippen LogP contribution in [-0.2, 0) is 0 Å². The number of hydrogen-bond donors (Lipinski definition) is 1. The molecule has 1 rings (SSSR count). The van der Waals surface area contributed by atoms with E-state index in [4.69, 9.17) is 16.3 Å². The summed E-state index contributed by atoms with van der Waals surface area (Å²) in [6, 6.07) is 4.42. The molecule has 96 valence electrons. The van der Waals surface area contributed by atoms with Crippen LogP contribution >= 0.6 is 11.6 Å². The highest BCUT2D eigenvalue weighted by molar-refractivity contribution is 6.30. The third-order valence-electron chi connectivity index (χ3n) is 2.55. The normalized spacial score (nSPS) is 10.9. The van der Waals surface area contributed by atoms with Crippen LogP contribution in [0.3, 0.4) is 0 Å². The van der Waals surface area contributed by atoms with Crippen molar-refractivity contribution < 1.29 is 4.74 Å². The van der Waals surface area contributed by atoms with Gasteiger partial charge < -0.3 is 10.1 Å². The fourth-order valence-corrected chi connectivity index (χ4v) is 2.09. The van der Waals surface area contributed by atoms with Crippen LogP contribution in [0.2, 0.25) is 5.02 Å². The number of rotatable bonds is 6. The minimum atomic E-state index is 0.536. The van der Waals surface area contributed by atoms with Crippen LogP contribution in [0.1, 0.15) is 31.4 Å². The number of ether oxygens (including phenoxy) is 1. The van der Waals surface area contributed by atoms with E-state index in [-0.39, 0.29) is 0 Å². The molecule has 0 spiro atoms. The molecular formula is C14H22ClNO. The number of hydrogen-bond acceptors (Lipinski definition) is 2. The zero-order chi connectivity index (χ0) is 12.8. The maximum atomic E-state index is 5.98. The molecule has 0 fully saturated rings. The summed E-state index contributed by atoms with van der Waals surface area (Å²) in [5.41, 5.74) is 2.21. The van der Waals surface area contributed by atoms with Crippen LogP contribution in [0.4, 0.5) is 0 Å². The Kier molecular flexibility index (Phi) is 5.79. The minimum absolute atomic E-state index is 0.536. The molecule has 0 bridgehead atoms. The molecule has 0 aliphatic heterocycles. The van der Waals surface area contributed by atoms with Crippen LogP contribution in [0.5, 0.6) is 5.75 Å². The van der Waals surface area contributed by atoms with Crippen LogP contribution in [-0.4, -0.2) is 19.2 Å². The first-order chi connectivity index (χ1) is 8.00. The summed E-state index contributed by atoms with van der Waals surface area (Å²) >= 11 is 5.98. The summed E-state index contributed by atoms with van der Waals surface area (Å²) in [4.78, 5) is 0. The Bertz CT molecular complexity index is 340. The second-order valence-corrected chi connectivity index (χ2v) is 5.12. The largest absolute Gasteiger partial charge is 0.493 e. The maximum absolute atomic E-state index is 5.98. The van der Waals surface area contributed by atoms with Gasteiger partial charge in [0.15, 0.2) is 0 Å². The van der Waals surface area contributed by atoms with Crippen LogP contribution < -0.4 is 10.1 Å². The molecule has 1 aromatic rings. The molecule has 0 atom stereocenters. The summed E-state index contributed by atoms with van der Waals surface area (Å²) in [6.07, 6.45) is 1.01. The lowest BCUT2D eigenvalue weighted by Crippen LogP contribution is -2.24. The van der Waals surface area contributed by atoms with Gasteiger partial charge in [0, 0.05) is 11.1 Å². The first-order valence-electron chi connectivity index (χ1n) is 6.13. The van der Waals surface area contributed by atoms with Gasteiger partial charge in [-0.1, -0.05) is 25.4 Å². The van der Waals surface area contributed by atoms with Crippen LogP contribution in [0.15, 0.2) is 12.1 Å². The highest BCUT2D eigenvalue weighted by Gasteiger charge is 2.05. The first kappa shape index (κ1) is 14.3. The predicted octanol–water partition coefficient (Wildman–Crippen LogP) is 3.72. The molecule has 0 saturated heterocycles. The molecule has 17 heavy (non-hydrogen) atoms. The van der Waals surface area contributed by atoms with Gasteiger partial charge in [0.05, 0.1) is 6.61 Å². The predicted molar refractivity (Wildman–Crippen MR) is 74.2 cm³/mol. The third-order valence-corrected chi connectivity index (χ3v) is 2.76. The maximum Gasteiger partial charge on any atom is 0.125 e. The van der Waals surface area contributed by atoms with Crippen molar-refractivity contribution in [1.82, 2.24) is 5.32 Å². The lowest BCUT2D eigenvalue weighted by Gasteiger charge is -2.13. The smallest absolute Gasteiger partial charge is 0.125 e. The number of benzene rings is 1. The lowest BCUT2D eigenvalue weighted by atomic mass is 10.1. The summed E-state index contributed by atoms with van der Waals surface area (Å²) in [5, 5.41) is 4.14. The Morgan fingerprint density at radius 2 is 1.82 bits per heavy atom. The molecule has 0 radical (unpaired) electrons. The van der Waals surface area contributed by atoms with Gasteiger partial charge in [-0.2, -0.15) is 0 Å². The Balaban J connectivity index is 2.42. The molecule has 1 N–H and O–H groups in total. The zero-order valence-corrected chi connectivity index (χ0v) is 11.9. The fraction of sp³-hybridized carbons (Fsp3) is 0.571. The summed E-state index contributed by atoms with van der Waals surface area (Å²) < 4.78 is 5.81. The van der Waals surface area contributed by atoms with Gasteiger partial charge in [0.1, 0.15) is 5.75 Å². The van der Waals surface area contributed by atoms with Gasteiger partial charge in [0.25, 0.3) is 0 Å². The molecule has 3 heteroatoms. The van der Waals surface area contributed by atoms with Crippen molar-refractivity contribution in [1.29, 1.82) is 0 Å².